The van der Waals surface area contributed by atoms with E-state index in [4.69, 9.17) is 14.2 Å². The van der Waals surface area contributed by atoms with Gasteiger partial charge in [-0.3, -0.25) is 5.32 Å². The van der Waals surface area contributed by atoms with Crippen LogP contribution in [0.4, 0.5) is 0 Å². The van der Waals surface area contributed by atoms with Crippen molar-refractivity contribution < 1.29 is 19.0 Å². The van der Waals surface area contributed by atoms with E-state index in [9.17, 15) is 4.79 Å². The smallest absolute Gasteiger partial charge is 0.337 e. The third-order valence-corrected chi connectivity index (χ3v) is 4.90. The topological polar surface area (TPSA) is 56.8 Å². The van der Waals surface area contributed by atoms with Gasteiger partial charge in [0.25, 0.3) is 0 Å². The lowest BCUT2D eigenvalue weighted by atomic mass is 9.98. The second-order valence-electron chi connectivity index (χ2n) is 8.50. The third kappa shape index (κ3) is 6.94. The standard InChI is InChI=1S/C27H31NO4/c1-27(2,3)32-19-28-25(21-9-6-5-7-10-21)23-11-8-12-24(17-23)31-18-20-13-15-22(16-14-20)26(29)30-4/h5-17,25,28H,18-19H2,1-4H3. The Bertz CT molecular complexity index is 994. The van der Waals surface area contributed by atoms with Crippen LogP contribution in [0.15, 0.2) is 78.9 Å². The first-order valence-corrected chi connectivity index (χ1v) is 10.7. The molecule has 0 heterocycles. The Morgan fingerprint density at radius 3 is 2.25 bits per heavy atom. The normalized spacial score (nSPS) is 12.2. The van der Waals surface area contributed by atoms with Crippen molar-refractivity contribution >= 4 is 5.97 Å². The number of hydrogen-bond acceptors (Lipinski definition) is 5. The number of nitrogens with one attached hydrogen (secondary N) is 1. The number of methoxy groups -OCH3 is 1. The molecule has 5 heteroatoms. The van der Waals surface area contributed by atoms with E-state index in [1.165, 1.54) is 7.11 Å². The highest BCUT2D eigenvalue weighted by Gasteiger charge is 2.16. The van der Waals surface area contributed by atoms with Crippen molar-refractivity contribution in [3.8, 4) is 5.75 Å². The monoisotopic (exact) mass is 433 g/mol. The summed E-state index contributed by atoms with van der Waals surface area (Å²) in [5.41, 5.74) is 3.52. The van der Waals surface area contributed by atoms with Crippen LogP contribution in [0.5, 0.6) is 5.75 Å². The predicted molar refractivity (Wildman–Crippen MR) is 126 cm³/mol. The van der Waals surface area contributed by atoms with E-state index in [1.54, 1.807) is 12.1 Å². The van der Waals surface area contributed by atoms with Gasteiger partial charge in [0.2, 0.25) is 0 Å². The summed E-state index contributed by atoms with van der Waals surface area (Å²) < 4.78 is 16.7. The number of ether oxygens (including phenoxy) is 3. The molecule has 1 N–H and O–H groups in total. The summed E-state index contributed by atoms with van der Waals surface area (Å²) in [5, 5.41) is 3.51. The van der Waals surface area contributed by atoms with Crippen LogP contribution >= 0.6 is 0 Å². The summed E-state index contributed by atoms with van der Waals surface area (Å²) in [6.07, 6.45) is 0. The number of esters is 1. The molecule has 0 amide bonds. The van der Waals surface area contributed by atoms with Gasteiger partial charge in [0.1, 0.15) is 12.4 Å². The van der Waals surface area contributed by atoms with Crippen molar-refractivity contribution in [2.45, 2.75) is 39.0 Å². The summed E-state index contributed by atoms with van der Waals surface area (Å²) in [6, 6.07) is 25.5. The van der Waals surface area contributed by atoms with Gasteiger partial charge in [-0.05, 0) is 61.7 Å². The molecule has 168 valence electrons. The highest BCUT2D eigenvalue weighted by molar-refractivity contribution is 5.89. The van der Waals surface area contributed by atoms with Crippen LogP contribution in [-0.2, 0) is 16.1 Å². The molecule has 0 aliphatic carbocycles. The van der Waals surface area contributed by atoms with E-state index in [2.05, 4.69) is 23.5 Å². The molecule has 3 aromatic rings. The molecule has 0 saturated carbocycles. The second kappa shape index (κ2) is 10.9. The zero-order valence-electron chi connectivity index (χ0n) is 19.1. The first-order chi connectivity index (χ1) is 15.4. The molecule has 0 aromatic heterocycles. The number of benzene rings is 3. The van der Waals surface area contributed by atoms with Crippen LogP contribution < -0.4 is 10.1 Å². The first-order valence-electron chi connectivity index (χ1n) is 10.7. The van der Waals surface area contributed by atoms with Gasteiger partial charge in [0, 0.05) is 0 Å². The maximum Gasteiger partial charge on any atom is 0.337 e. The van der Waals surface area contributed by atoms with Crippen LogP contribution in [0.1, 0.15) is 53.9 Å². The van der Waals surface area contributed by atoms with E-state index in [1.807, 2.05) is 69.3 Å². The molecule has 1 unspecified atom stereocenters. The van der Waals surface area contributed by atoms with Gasteiger partial charge >= 0.3 is 5.97 Å². The summed E-state index contributed by atoms with van der Waals surface area (Å²) in [6.45, 7) is 6.96. The van der Waals surface area contributed by atoms with Crippen molar-refractivity contribution in [1.82, 2.24) is 5.32 Å². The quantitative estimate of drug-likeness (QED) is 0.356. The van der Waals surface area contributed by atoms with Crippen molar-refractivity contribution in [2.75, 3.05) is 13.8 Å². The molecule has 3 rings (SSSR count). The average Bonchev–Trinajstić information content (AvgIpc) is 2.80. The lowest BCUT2D eigenvalue weighted by Gasteiger charge is -2.25. The fraction of sp³-hybridized carbons (Fsp3) is 0.296. The van der Waals surface area contributed by atoms with Gasteiger partial charge < -0.3 is 14.2 Å². The van der Waals surface area contributed by atoms with Gasteiger partial charge in [-0.25, -0.2) is 4.79 Å². The number of rotatable bonds is 9. The molecular weight excluding hydrogens is 402 g/mol. The summed E-state index contributed by atoms with van der Waals surface area (Å²) in [7, 11) is 1.37. The largest absolute Gasteiger partial charge is 0.489 e. The minimum absolute atomic E-state index is 0.0264. The van der Waals surface area contributed by atoms with E-state index in [-0.39, 0.29) is 17.6 Å². The Kier molecular flexibility index (Phi) is 8.03. The van der Waals surface area contributed by atoms with Crippen molar-refractivity contribution in [2.24, 2.45) is 0 Å². The maximum atomic E-state index is 11.6. The zero-order chi connectivity index (χ0) is 23.0. The van der Waals surface area contributed by atoms with Gasteiger partial charge in [-0.15, -0.1) is 0 Å². The van der Waals surface area contributed by atoms with Crippen LogP contribution in [-0.4, -0.2) is 25.4 Å². The first kappa shape index (κ1) is 23.5. The molecule has 0 aliphatic heterocycles. The van der Waals surface area contributed by atoms with Crippen molar-refractivity contribution in [1.29, 1.82) is 0 Å². The van der Waals surface area contributed by atoms with E-state index < -0.39 is 0 Å². The van der Waals surface area contributed by atoms with Crippen molar-refractivity contribution in [3.63, 3.8) is 0 Å². The van der Waals surface area contributed by atoms with E-state index in [0.29, 0.717) is 18.9 Å². The van der Waals surface area contributed by atoms with E-state index >= 15 is 0 Å². The van der Waals surface area contributed by atoms with Crippen LogP contribution in [0.25, 0.3) is 0 Å². The highest BCUT2D eigenvalue weighted by atomic mass is 16.5. The Labute approximate surface area is 190 Å². The number of carbonyl (C=O) groups is 1. The Morgan fingerprint density at radius 2 is 1.59 bits per heavy atom. The Hall–Kier alpha value is -3.15. The van der Waals surface area contributed by atoms with Crippen LogP contribution in [0, 0.1) is 0 Å². The molecule has 0 spiro atoms. The SMILES string of the molecule is COC(=O)c1ccc(COc2cccc(C(NCOC(C)(C)C)c3ccccc3)c2)cc1. The molecule has 32 heavy (non-hydrogen) atoms. The Morgan fingerprint density at radius 1 is 0.906 bits per heavy atom. The van der Waals surface area contributed by atoms with Gasteiger partial charge in [-0.2, -0.15) is 0 Å². The molecule has 0 bridgehead atoms. The molecule has 3 aromatic carbocycles. The Balaban J connectivity index is 1.71. The van der Waals surface area contributed by atoms with Crippen LogP contribution in [0.3, 0.4) is 0 Å². The third-order valence-electron chi connectivity index (χ3n) is 4.90. The van der Waals surface area contributed by atoms with Gasteiger partial charge in [0.15, 0.2) is 0 Å². The zero-order valence-corrected chi connectivity index (χ0v) is 19.1. The fourth-order valence-electron chi connectivity index (χ4n) is 3.22. The summed E-state index contributed by atoms with van der Waals surface area (Å²) >= 11 is 0. The lowest BCUT2D eigenvalue weighted by Crippen LogP contribution is -2.31. The summed E-state index contributed by atoms with van der Waals surface area (Å²) in [5.74, 6) is 0.430. The number of carbonyl (C=O) groups excluding carboxylic acids is 1. The molecule has 0 aliphatic rings. The van der Waals surface area contributed by atoms with E-state index in [0.717, 1.165) is 22.4 Å². The molecule has 0 radical (unpaired) electrons. The molecule has 0 fully saturated rings. The molecular formula is C27H31NO4. The second-order valence-corrected chi connectivity index (χ2v) is 8.50. The van der Waals surface area contributed by atoms with Crippen molar-refractivity contribution in [3.05, 3.63) is 101 Å². The van der Waals surface area contributed by atoms with Gasteiger partial charge in [0.05, 0.1) is 31.0 Å². The predicted octanol–water partition coefficient (Wildman–Crippen LogP) is 5.50. The molecule has 1 atom stereocenters. The molecule has 0 saturated heterocycles. The average molecular weight is 434 g/mol. The summed E-state index contributed by atoms with van der Waals surface area (Å²) in [4.78, 5) is 11.6. The molecule has 5 nitrogen and oxygen atoms in total. The lowest BCUT2D eigenvalue weighted by molar-refractivity contribution is -0.0158. The van der Waals surface area contributed by atoms with Crippen LogP contribution in [0.2, 0.25) is 0 Å². The van der Waals surface area contributed by atoms with Gasteiger partial charge in [-0.1, -0.05) is 54.6 Å². The minimum atomic E-state index is -0.347. The minimum Gasteiger partial charge on any atom is -0.489 e. The maximum absolute atomic E-state index is 11.6. The highest BCUT2D eigenvalue weighted by Crippen LogP contribution is 2.26. The number of hydrogen-bond donors (Lipinski definition) is 1. The fourth-order valence-corrected chi connectivity index (χ4v) is 3.22.